The van der Waals surface area contributed by atoms with E-state index in [9.17, 15) is 9.59 Å². The fourth-order valence-electron chi connectivity index (χ4n) is 5.74. The topological polar surface area (TPSA) is 74.3 Å². The van der Waals surface area contributed by atoms with Gasteiger partial charge in [0.25, 0.3) is 0 Å². The molecule has 0 bridgehead atoms. The SMILES string of the molecule is CCCCOc1cc(C(=O)OC)c(N(C(=O)[C@H]2CC[C@H](C)CC2)C2CCC3(CC2)OCCO3)cc1F. The van der Waals surface area contributed by atoms with Crippen molar-refractivity contribution < 1.29 is 32.9 Å². The van der Waals surface area contributed by atoms with Crippen LogP contribution in [0.2, 0.25) is 0 Å². The maximum absolute atomic E-state index is 15.3. The second kappa shape index (κ2) is 11.9. The second-order valence-electron chi connectivity index (χ2n) is 10.5. The van der Waals surface area contributed by atoms with Crippen molar-refractivity contribution in [1.29, 1.82) is 0 Å². The molecule has 7 nitrogen and oxygen atoms in total. The van der Waals surface area contributed by atoms with Crippen LogP contribution in [0.5, 0.6) is 5.75 Å². The normalized spacial score (nSPS) is 24.0. The van der Waals surface area contributed by atoms with Gasteiger partial charge in [0.15, 0.2) is 17.4 Å². The predicted octanol–water partition coefficient (Wildman–Crippen LogP) is 5.64. The first-order valence-electron chi connectivity index (χ1n) is 13.5. The van der Waals surface area contributed by atoms with Crippen molar-refractivity contribution in [1.82, 2.24) is 0 Å². The van der Waals surface area contributed by atoms with Crippen LogP contribution in [0.15, 0.2) is 12.1 Å². The third-order valence-corrected chi connectivity index (χ3v) is 7.97. The van der Waals surface area contributed by atoms with Crippen LogP contribution in [0.25, 0.3) is 0 Å². The summed E-state index contributed by atoms with van der Waals surface area (Å²) in [4.78, 5) is 28.6. The standard InChI is InChI=1S/C28H40FNO6/c1-4-5-14-34-25-17-22(27(32)33-3)24(18-23(25)29)30(26(31)20-8-6-19(2)7-9-20)21-10-12-28(13-11-21)35-15-16-36-28/h17-21H,4-16H2,1-3H3/t19-,20-. The van der Waals surface area contributed by atoms with E-state index in [1.807, 2.05) is 6.92 Å². The molecule has 200 valence electrons. The van der Waals surface area contributed by atoms with Gasteiger partial charge in [0, 0.05) is 30.9 Å². The zero-order valence-electron chi connectivity index (χ0n) is 21.9. The van der Waals surface area contributed by atoms with Crippen LogP contribution in [0.4, 0.5) is 10.1 Å². The minimum Gasteiger partial charge on any atom is -0.490 e. The van der Waals surface area contributed by atoms with Crippen molar-refractivity contribution in [3.05, 3.63) is 23.5 Å². The maximum Gasteiger partial charge on any atom is 0.340 e. The van der Waals surface area contributed by atoms with Crippen LogP contribution in [-0.2, 0) is 19.0 Å². The first-order valence-corrected chi connectivity index (χ1v) is 13.5. The summed E-state index contributed by atoms with van der Waals surface area (Å²) in [6.07, 6.45) is 7.84. The van der Waals surface area contributed by atoms with E-state index in [4.69, 9.17) is 18.9 Å². The Morgan fingerprint density at radius 3 is 2.36 bits per heavy atom. The molecule has 3 aliphatic rings. The zero-order chi connectivity index (χ0) is 25.7. The minimum absolute atomic E-state index is 0.00171. The Kier molecular flexibility index (Phi) is 8.88. The second-order valence-corrected chi connectivity index (χ2v) is 10.5. The monoisotopic (exact) mass is 505 g/mol. The number of anilines is 1. The average Bonchev–Trinajstić information content (AvgIpc) is 3.34. The Hall–Kier alpha value is -2.19. The number of ether oxygens (including phenoxy) is 4. The summed E-state index contributed by atoms with van der Waals surface area (Å²) in [7, 11) is 1.29. The number of methoxy groups -OCH3 is 1. The molecule has 1 spiro atoms. The maximum atomic E-state index is 15.3. The molecule has 0 atom stereocenters. The molecule has 2 saturated carbocycles. The fraction of sp³-hybridized carbons (Fsp3) is 0.714. The fourth-order valence-corrected chi connectivity index (χ4v) is 5.74. The smallest absolute Gasteiger partial charge is 0.340 e. The number of carbonyl (C=O) groups excluding carboxylic acids is 2. The van der Waals surface area contributed by atoms with Gasteiger partial charge in [-0.2, -0.15) is 0 Å². The van der Waals surface area contributed by atoms with Crippen molar-refractivity contribution in [2.24, 2.45) is 11.8 Å². The highest BCUT2D eigenvalue weighted by Crippen LogP contribution is 2.42. The first kappa shape index (κ1) is 26.9. The van der Waals surface area contributed by atoms with Crippen molar-refractivity contribution in [3.8, 4) is 5.75 Å². The lowest BCUT2D eigenvalue weighted by atomic mass is 9.81. The number of hydrogen-bond acceptors (Lipinski definition) is 6. The van der Waals surface area contributed by atoms with Gasteiger partial charge in [-0.1, -0.05) is 20.3 Å². The van der Waals surface area contributed by atoms with Gasteiger partial charge in [-0.05, 0) is 56.9 Å². The third-order valence-electron chi connectivity index (χ3n) is 7.97. The van der Waals surface area contributed by atoms with Crippen molar-refractivity contribution >= 4 is 17.6 Å². The number of hydrogen-bond donors (Lipinski definition) is 0. The molecular weight excluding hydrogens is 465 g/mol. The van der Waals surface area contributed by atoms with E-state index < -0.39 is 17.6 Å². The Morgan fingerprint density at radius 1 is 1.08 bits per heavy atom. The summed E-state index contributed by atoms with van der Waals surface area (Å²) in [5, 5.41) is 0. The predicted molar refractivity (Wildman–Crippen MR) is 134 cm³/mol. The number of rotatable bonds is 8. The van der Waals surface area contributed by atoms with Crippen LogP contribution in [-0.4, -0.2) is 50.6 Å². The molecule has 0 unspecified atom stereocenters. The third kappa shape index (κ3) is 5.86. The molecule has 0 radical (unpaired) electrons. The Labute approximate surface area is 213 Å². The van der Waals surface area contributed by atoms with Gasteiger partial charge in [0.2, 0.25) is 5.91 Å². The molecule has 1 amide bonds. The Bertz CT molecular complexity index is 913. The molecular formula is C28H40FNO6. The quantitative estimate of drug-likeness (QED) is 0.336. The molecule has 1 heterocycles. The molecule has 8 heteroatoms. The highest BCUT2D eigenvalue weighted by Gasteiger charge is 2.44. The van der Waals surface area contributed by atoms with E-state index in [0.29, 0.717) is 51.4 Å². The van der Waals surface area contributed by atoms with E-state index >= 15 is 4.39 Å². The Balaban J connectivity index is 1.68. The van der Waals surface area contributed by atoms with Crippen LogP contribution in [0.3, 0.4) is 0 Å². The lowest BCUT2D eigenvalue weighted by molar-refractivity contribution is -0.179. The molecule has 0 aromatic heterocycles. The molecule has 1 aromatic carbocycles. The lowest BCUT2D eigenvalue weighted by Crippen LogP contribution is -2.49. The van der Waals surface area contributed by atoms with E-state index in [1.54, 1.807) is 4.90 Å². The number of carbonyl (C=O) groups is 2. The highest BCUT2D eigenvalue weighted by atomic mass is 19.1. The van der Waals surface area contributed by atoms with Crippen LogP contribution >= 0.6 is 0 Å². The first-order chi connectivity index (χ1) is 17.4. The largest absolute Gasteiger partial charge is 0.490 e. The number of esters is 1. The molecule has 3 fully saturated rings. The van der Waals surface area contributed by atoms with Gasteiger partial charge in [-0.3, -0.25) is 4.79 Å². The van der Waals surface area contributed by atoms with Crippen LogP contribution < -0.4 is 9.64 Å². The van der Waals surface area contributed by atoms with E-state index in [1.165, 1.54) is 19.2 Å². The Morgan fingerprint density at radius 2 is 1.75 bits per heavy atom. The van der Waals surface area contributed by atoms with Crippen molar-refractivity contribution in [2.75, 3.05) is 31.8 Å². The number of benzene rings is 1. The lowest BCUT2D eigenvalue weighted by Gasteiger charge is -2.42. The molecule has 1 aliphatic heterocycles. The summed E-state index contributed by atoms with van der Waals surface area (Å²) in [5.74, 6) is -1.38. The molecule has 0 N–H and O–H groups in total. The van der Waals surface area contributed by atoms with E-state index in [2.05, 4.69) is 6.92 Å². The van der Waals surface area contributed by atoms with E-state index in [0.717, 1.165) is 38.5 Å². The van der Waals surface area contributed by atoms with Gasteiger partial charge in [-0.25, -0.2) is 9.18 Å². The highest BCUT2D eigenvalue weighted by molar-refractivity contribution is 6.04. The number of nitrogens with zero attached hydrogens (tertiary/aromatic N) is 1. The van der Waals surface area contributed by atoms with Gasteiger partial charge in [0.1, 0.15) is 0 Å². The summed E-state index contributed by atoms with van der Waals surface area (Å²) in [6.45, 7) is 5.73. The van der Waals surface area contributed by atoms with Crippen LogP contribution in [0, 0.1) is 17.7 Å². The zero-order valence-corrected chi connectivity index (χ0v) is 21.9. The van der Waals surface area contributed by atoms with Gasteiger partial charge in [-0.15, -0.1) is 0 Å². The van der Waals surface area contributed by atoms with Crippen molar-refractivity contribution in [2.45, 2.75) is 89.9 Å². The van der Waals surface area contributed by atoms with Crippen molar-refractivity contribution in [3.63, 3.8) is 0 Å². The molecule has 1 saturated heterocycles. The van der Waals surface area contributed by atoms with Gasteiger partial charge >= 0.3 is 5.97 Å². The van der Waals surface area contributed by atoms with E-state index in [-0.39, 0.29) is 34.9 Å². The van der Waals surface area contributed by atoms with Gasteiger partial charge < -0.3 is 23.8 Å². The van der Waals surface area contributed by atoms with Gasteiger partial charge in [0.05, 0.1) is 38.2 Å². The van der Waals surface area contributed by atoms with Crippen LogP contribution in [0.1, 0.15) is 88.4 Å². The summed E-state index contributed by atoms with van der Waals surface area (Å²) in [6, 6.07) is 2.48. The molecule has 4 rings (SSSR count). The molecule has 2 aliphatic carbocycles. The number of amides is 1. The number of halogens is 1. The average molecular weight is 506 g/mol. The summed E-state index contributed by atoms with van der Waals surface area (Å²) < 4.78 is 37.8. The minimum atomic E-state index is -0.616. The summed E-state index contributed by atoms with van der Waals surface area (Å²) >= 11 is 0. The number of unbranched alkanes of at least 4 members (excludes halogenated alkanes) is 1. The molecule has 1 aromatic rings. The summed E-state index contributed by atoms with van der Waals surface area (Å²) in [5.41, 5.74) is 0.414. The molecule has 36 heavy (non-hydrogen) atoms.